The molecule has 1 atom stereocenters. The number of nitrogens with one attached hydrogen (secondary N) is 1. The molecule has 2 aliphatic rings. The lowest BCUT2D eigenvalue weighted by atomic mass is 10.0. The third-order valence-corrected chi connectivity index (χ3v) is 5.62. The molecule has 0 spiro atoms. The highest BCUT2D eigenvalue weighted by atomic mass is 16.2. The van der Waals surface area contributed by atoms with E-state index in [1.54, 1.807) is 0 Å². The summed E-state index contributed by atoms with van der Waals surface area (Å²) in [5.41, 5.74) is 1.03. The quantitative estimate of drug-likeness (QED) is 0.908. The Morgan fingerprint density at radius 1 is 1.12 bits per heavy atom. The zero-order chi connectivity index (χ0) is 17.1. The van der Waals surface area contributed by atoms with Crippen LogP contribution < -0.4 is 0 Å². The molecule has 4 rings (SSSR count). The molecular weight excluding hydrogens is 312 g/mol. The van der Waals surface area contributed by atoms with Crippen molar-refractivity contribution in [2.75, 3.05) is 13.1 Å². The van der Waals surface area contributed by atoms with Crippen LogP contribution in [0.1, 0.15) is 44.3 Å². The number of nitrogens with zero attached hydrogens (tertiary/aromatic N) is 3. The molecule has 132 valence electrons. The summed E-state index contributed by atoms with van der Waals surface area (Å²) < 4.78 is 0. The molecule has 0 radical (unpaired) electrons. The molecule has 1 aromatic heterocycles. The van der Waals surface area contributed by atoms with Gasteiger partial charge in [0.15, 0.2) is 5.82 Å². The van der Waals surface area contributed by atoms with Gasteiger partial charge in [0.2, 0.25) is 5.91 Å². The largest absolute Gasteiger partial charge is 0.342 e. The number of hydrogen-bond donors (Lipinski definition) is 1. The normalized spacial score (nSPS) is 21.1. The van der Waals surface area contributed by atoms with Crippen molar-refractivity contribution >= 4 is 5.91 Å². The van der Waals surface area contributed by atoms with Gasteiger partial charge >= 0.3 is 0 Å². The summed E-state index contributed by atoms with van der Waals surface area (Å²) in [7, 11) is 0. The molecule has 2 fully saturated rings. The Labute approximate surface area is 148 Å². The summed E-state index contributed by atoms with van der Waals surface area (Å²) >= 11 is 0. The van der Waals surface area contributed by atoms with Crippen molar-refractivity contribution in [2.24, 2.45) is 11.8 Å². The molecule has 2 heterocycles. The van der Waals surface area contributed by atoms with Crippen LogP contribution >= 0.6 is 0 Å². The van der Waals surface area contributed by atoms with Gasteiger partial charge in [0.25, 0.3) is 0 Å². The number of hydrogen-bond acceptors (Lipinski definition) is 3. The summed E-state index contributed by atoms with van der Waals surface area (Å²) in [5, 5.41) is 7.40. The van der Waals surface area contributed by atoms with Crippen LogP contribution in [-0.2, 0) is 11.2 Å². The summed E-state index contributed by atoms with van der Waals surface area (Å²) in [6, 6.07) is 10.0. The van der Waals surface area contributed by atoms with Crippen LogP contribution in [0.4, 0.5) is 0 Å². The van der Waals surface area contributed by atoms with Gasteiger partial charge in [0.05, 0.1) is 0 Å². The molecule has 1 saturated heterocycles. The summed E-state index contributed by atoms with van der Waals surface area (Å²) in [6.07, 6.45) is 7.77. The Morgan fingerprint density at radius 2 is 1.92 bits per heavy atom. The number of H-pyrrole nitrogens is 1. The van der Waals surface area contributed by atoms with Gasteiger partial charge in [-0.2, -0.15) is 5.10 Å². The number of rotatable bonds is 5. The van der Waals surface area contributed by atoms with Crippen molar-refractivity contribution in [1.82, 2.24) is 20.1 Å². The second kappa shape index (κ2) is 7.38. The van der Waals surface area contributed by atoms with E-state index in [0.29, 0.717) is 17.7 Å². The SMILES string of the molecule is O=C(CC1CCCC1)N1CCC(Cc2nc(-c3ccccc3)n[nH]2)C1. The topological polar surface area (TPSA) is 61.9 Å². The van der Waals surface area contributed by atoms with Gasteiger partial charge in [-0.25, -0.2) is 4.98 Å². The Bertz CT molecular complexity index is 705. The van der Waals surface area contributed by atoms with E-state index in [0.717, 1.165) is 49.6 Å². The van der Waals surface area contributed by atoms with E-state index in [-0.39, 0.29) is 0 Å². The fraction of sp³-hybridized carbons (Fsp3) is 0.550. The van der Waals surface area contributed by atoms with Crippen LogP contribution in [0.2, 0.25) is 0 Å². The molecule has 1 N–H and O–H groups in total. The summed E-state index contributed by atoms with van der Waals surface area (Å²) in [4.78, 5) is 19.2. The first-order valence-electron chi connectivity index (χ1n) is 9.52. The number of carbonyl (C=O) groups is 1. The second-order valence-corrected chi connectivity index (χ2v) is 7.52. The zero-order valence-corrected chi connectivity index (χ0v) is 14.7. The standard InChI is InChI=1S/C20H26N4O/c25-19(13-15-6-4-5-7-15)24-11-10-16(14-24)12-18-21-20(23-22-18)17-8-2-1-3-9-17/h1-3,8-9,15-16H,4-7,10-14H2,(H,21,22,23). The molecule has 5 nitrogen and oxygen atoms in total. The first kappa shape index (κ1) is 16.3. The molecule has 1 aliphatic heterocycles. The van der Waals surface area contributed by atoms with E-state index in [1.807, 2.05) is 30.3 Å². The maximum absolute atomic E-state index is 12.5. The Balaban J connectivity index is 1.30. The van der Waals surface area contributed by atoms with Crippen molar-refractivity contribution in [3.05, 3.63) is 36.2 Å². The van der Waals surface area contributed by atoms with Crippen molar-refractivity contribution in [2.45, 2.75) is 44.9 Å². The maximum atomic E-state index is 12.5. The van der Waals surface area contributed by atoms with Crippen LogP contribution in [0.3, 0.4) is 0 Å². The van der Waals surface area contributed by atoms with Crippen molar-refractivity contribution in [1.29, 1.82) is 0 Å². The molecule has 0 bridgehead atoms. The lowest BCUT2D eigenvalue weighted by Gasteiger charge is -2.18. The number of benzene rings is 1. The second-order valence-electron chi connectivity index (χ2n) is 7.52. The predicted molar refractivity (Wildman–Crippen MR) is 96.8 cm³/mol. The number of aromatic nitrogens is 3. The molecule has 5 heteroatoms. The van der Waals surface area contributed by atoms with Gasteiger partial charge in [-0.05, 0) is 31.1 Å². The van der Waals surface area contributed by atoms with E-state index >= 15 is 0 Å². The number of amides is 1. The molecule has 1 amide bonds. The monoisotopic (exact) mass is 338 g/mol. The van der Waals surface area contributed by atoms with Crippen LogP contribution in [0.15, 0.2) is 30.3 Å². The number of carbonyl (C=O) groups excluding carboxylic acids is 1. The van der Waals surface area contributed by atoms with Crippen molar-refractivity contribution in [3.63, 3.8) is 0 Å². The van der Waals surface area contributed by atoms with Crippen LogP contribution in [0.25, 0.3) is 11.4 Å². The molecule has 25 heavy (non-hydrogen) atoms. The molecule has 1 saturated carbocycles. The van der Waals surface area contributed by atoms with Crippen molar-refractivity contribution < 1.29 is 4.79 Å². The Hall–Kier alpha value is -2.17. The van der Waals surface area contributed by atoms with Crippen molar-refractivity contribution in [3.8, 4) is 11.4 Å². The van der Waals surface area contributed by atoms with E-state index in [4.69, 9.17) is 0 Å². The fourth-order valence-electron chi connectivity index (χ4n) is 4.19. The van der Waals surface area contributed by atoms with Crippen LogP contribution in [0, 0.1) is 11.8 Å². The predicted octanol–water partition coefficient (Wildman–Crippen LogP) is 3.44. The van der Waals surface area contributed by atoms with Crippen LogP contribution in [-0.4, -0.2) is 39.1 Å². The van der Waals surface area contributed by atoms with Gasteiger partial charge in [0, 0.05) is 31.5 Å². The van der Waals surface area contributed by atoms with Gasteiger partial charge < -0.3 is 4.90 Å². The zero-order valence-electron chi connectivity index (χ0n) is 14.7. The maximum Gasteiger partial charge on any atom is 0.222 e. The lowest BCUT2D eigenvalue weighted by Crippen LogP contribution is -2.30. The molecular formula is C20H26N4O. The highest BCUT2D eigenvalue weighted by Crippen LogP contribution is 2.29. The third kappa shape index (κ3) is 3.91. The number of likely N-dealkylation sites (tertiary alicyclic amines) is 1. The van der Waals surface area contributed by atoms with Gasteiger partial charge in [-0.15, -0.1) is 0 Å². The summed E-state index contributed by atoms with van der Waals surface area (Å²) in [6.45, 7) is 1.77. The molecule has 1 aromatic carbocycles. The van der Waals surface area contributed by atoms with E-state index in [1.165, 1.54) is 25.7 Å². The fourth-order valence-corrected chi connectivity index (χ4v) is 4.19. The third-order valence-electron chi connectivity index (χ3n) is 5.62. The highest BCUT2D eigenvalue weighted by Gasteiger charge is 2.29. The van der Waals surface area contributed by atoms with Gasteiger partial charge in [0.1, 0.15) is 5.82 Å². The average molecular weight is 338 g/mol. The highest BCUT2D eigenvalue weighted by molar-refractivity contribution is 5.76. The minimum absolute atomic E-state index is 0.358. The molecule has 1 aliphatic carbocycles. The first-order valence-corrected chi connectivity index (χ1v) is 9.52. The Morgan fingerprint density at radius 3 is 2.72 bits per heavy atom. The van der Waals surface area contributed by atoms with E-state index in [9.17, 15) is 4.79 Å². The summed E-state index contributed by atoms with van der Waals surface area (Å²) in [5.74, 6) is 3.16. The van der Waals surface area contributed by atoms with E-state index < -0.39 is 0 Å². The van der Waals surface area contributed by atoms with E-state index in [2.05, 4.69) is 20.1 Å². The van der Waals surface area contributed by atoms with Gasteiger partial charge in [-0.1, -0.05) is 43.2 Å². The smallest absolute Gasteiger partial charge is 0.222 e. The van der Waals surface area contributed by atoms with Crippen LogP contribution in [0.5, 0.6) is 0 Å². The lowest BCUT2D eigenvalue weighted by molar-refractivity contribution is -0.131. The van der Waals surface area contributed by atoms with Gasteiger partial charge in [-0.3, -0.25) is 9.89 Å². The molecule has 1 unspecified atom stereocenters. The minimum atomic E-state index is 0.358. The Kier molecular flexibility index (Phi) is 4.81. The molecule has 2 aromatic rings. The first-order chi connectivity index (χ1) is 12.3. The average Bonchev–Trinajstić information content (AvgIpc) is 3.38. The number of aromatic amines is 1. The minimum Gasteiger partial charge on any atom is -0.342 e.